The van der Waals surface area contributed by atoms with Crippen LogP contribution in [-0.4, -0.2) is 22.7 Å². The van der Waals surface area contributed by atoms with Crippen LogP contribution in [0.25, 0.3) is 11.3 Å². The largest absolute Gasteiger partial charge is 0.454 e. The fourth-order valence-corrected chi connectivity index (χ4v) is 3.37. The van der Waals surface area contributed by atoms with E-state index in [1.165, 1.54) is 11.3 Å². The van der Waals surface area contributed by atoms with Crippen LogP contribution in [0.5, 0.6) is 11.5 Å². The molecule has 0 radical (unpaired) electrons. The predicted molar refractivity (Wildman–Crippen MR) is 95.3 cm³/mol. The average Bonchev–Trinajstić information content (AvgIpc) is 3.25. The van der Waals surface area contributed by atoms with Gasteiger partial charge in [0.25, 0.3) is 0 Å². The first-order chi connectivity index (χ1) is 12.2. The number of anilines is 1. The van der Waals surface area contributed by atoms with E-state index in [1.54, 1.807) is 24.5 Å². The van der Waals surface area contributed by atoms with Crippen LogP contribution in [0.4, 0.5) is 5.13 Å². The van der Waals surface area contributed by atoms with Gasteiger partial charge in [0.05, 0.1) is 12.1 Å². The molecule has 0 atom stereocenters. The number of hydrogen-bond donors (Lipinski definition) is 1. The fraction of sp³-hybridized carbons (Fsp3) is 0.118. The molecule has 0 saturated heterocycles. The molecular formula is C17H12ClN3O3S. The Hall–Kier alpha value is -2.64. The molecule has 1 aromatic carbocycles. The van der Waals surface area contributed by atoms with Crippen molar-refractivity contribution in [1.82, 2.24) is 9.97 Å². The molecule has 126 valence electrons. The van der Waals surface area contributed by atoms with Gasteiger partial charge in [-0.1, -0.05) is 11.6 Å². The molecule has 4 rings (SSSR count). The number of thiazole rings is 1. The van der Waals surface area contributed by atoms with E-state index in [4.69, 9.17) is 21.1 Å². The van der Waals surface area contributed by atoms with Crippen LogP contribution in [0, 0.1) is 0 Å². The van der Waals surface area contributed by atoms with Gasteiger partial charge in [-0.2, -0.15) is 0 Å². The number of ether oxygens (including phenoxy) is 2. The Bertz CT molecular complexity index is 930. The highest BCUT2D eigenvalue weighted by molar-refractivity contribution is 7.14. The summed E-state index contributed by atoms with van der Waals surface area (Å²) < 4.78 is 10.6. The highest BCUT2D eigenvalue weighted by Crippen LogP contribution is 2.37. The zero-order valence-corrected chi connectivity index (χ0v) is 14.4. The minimum Gasteiger partial charge on any atom is -0.454 e. The van der Waals surface area contributed by atoms with Crippen molar-refractivity contribution >= 4 is 34.0 Å². The lowest BCUT2D eigenvalue weighted by molar-refractivity contribution is -0.115. The Balaban J connectivity index is 1.46. The fourth-order valence-electron chi connectivity index (χ4n) is 2.42. The van der Waals surface area contributed by atoms with Crippen molar-refractivity contribution in [2.45, 2.75) is 6.42 Å². The maximum atomic E-state index is 12.3. The van der Waals surface area contributed by atoms with Crippen molar-refractivity contribution in [2.75, 3.05) is 12.1 Å². The van der Waals surface area contributed by atoms with E-state index < -0.39 is 0 Å². The summed E-state index contributed by atoms with van der Waals surface area (Å²) in [5, 5.41) is 5.69. The Morgan fingerprint density at radius 2 is 2.00 bits per heavy atom. The zero-order chi connectivity index (χ0) is 17.2. The number of nitrogens with one attached hydrogen (secondary N) is 1. The molecule has 0 fully saturated rings. The van der Waals surface area contributed by atoms with Crippen LogP contribution in [0.15, 0.2) is 42.0 Å². The number of benzene rings is 1. The third-order valence-electron chi connectivity index (χ3n) is 3.62. The van der Waals surface area contributed by atoms with Crippen LogP contribution in [0.2, 0.25) is 5.02 Å². The average molecular weight is 374 g/mol. The Morgan fingerprint density at radius 1 is 1.24 bits per heavy atom. The number of amides is 1. The summed E-state index contributed by atoms with van der Waals surface area (Å²) in [4.78, 5) is 20.7. The topological polar surface area (TPSA) is 73.3 Å². The molecule has 0 unspecified atom stereocenters. The van der Waals surface area contributed by atoms with Gasteiger partial charge in [0, 0.05) is 34.4 Å². The minimum atomic E-state index is -0.198. The summed E-state index contributed by atoms with van der Waals surface area (Å²) in [5.41, 5.74) is 2.42. The monoisotopic (exact) mass is 373 g/mol. The first-order valence-electron chi connectivity index (χ1n) is 7.43. The molecule has 0 aliphatic carbocycles. The molecule has 1 aliphatic heterocycles. The molecule has 25 heavy (non-hydrogen) atoms. The van der Waals surface area contributed by atoms with Gasteiger partial charge in [-0.25, -0.2) is 4.98 Å². The smallest absolute Gasteiger partial charge is 0.231 e. The van der Waals surface area contributed by atoms with Gasteiger partial charge in [0.15, 0.2) is 16.6 Å². The van der Waals surface area contributed by atoms with Crippen molar-refractivity contribution < 1.29 is 14.3 Å². The highest BCUT2D eigenvalue weighted by atomic mass is 35.5. The molecule has 3 heterocycles. The number of hydrogen-bond acceptors (Lipinski definition) is 6. The molecule has 0 spiro atoms. The summed E-state index contributed by atoms with van der Waals surface area (Å²) in [6, 6.07) is 7.13. The van der Waals surface area contributed by atoms with Crippen LogP contribution in [0.1, 0.15) is 5.56 Å². The first kappa shape index (κ1) is 15.9. The van der Waals surface area contributed by atoms with Crippen LogP contribution in [-0.2, 0) is 11.2 Å². The zero-order valence-electron chi connectivity index (χ0n) is 12.9. The summed E-state index contributed by atoms with van der Waals surface area (Å²) in [6.07, 6.45) is 3.53. The highest BCUT2D eigenvalue weighted by Gasteiger charge is 2.18. The lowest BCUT2D eigenvalue weighted by Crippen LogP contribution is -2.14. The molecule has 0 bridgehead atoms. The quantitative estimate of drug-likeness (QED) is 0.753. The van der Waals surface area contributed by atoms with E-state index in [-0.39, 0.29) is 19.1 Å². The van der Waals surface area contributed by atoms with Crippen molar-refractivity contribution in [1.29, 1.82) is 0 Å². The third-order valence-corrected chi connectivity index (χ3v) is 4.73. The van der Waals surface area contributed by atoms with Crippen molar-refractivity contribution in [2.24, 2.45) is 0 Å². The maximum absolute atomic E-state index is 12.3. The number of fused-ring (bicyclic) bond motifs is 1. The number of halogens is 1. The van der Waals surface area contributed by atoms with Crippen molar-refractivity contribution in [3.63, 3.8) is 0 Å². The lowest BCUT2D eigenvalue weighted by Gasteiger charge is -2.06. The number of nitrogens with zero attached hydrogens (tertiary/aromatic N) is 2. The van der Waals surface area contributed by atoms with E-state index >= 15 is 0 Å². The van der Waals surface area contributed by atoms with Crippen molar-refractivity contribution in [3.8, 4) is 22.8 Å². The second-order valence-electron chi connectivity index (χ2n) is 5.30. The molecule has 6 nitrogen and oxygen atoms in total. The van der Waals surface area contributed by atoms with E-state index in [0.717, 1.165) is 11.3 Å². The minimum absolute atomic E-state index is 0.125. The Kier molecular flexibility index (Phi) is 4.25. The summed E-state index contributed by atoms with van der Waals surface area (Å²) in [6.45, 7) is 0.165. The van der Waals surface area contributed by atoms with Gasteiger partial charge in [-0.15, -0.1) is 11.3 Å². The molecule has 1 N–H and O–H groups in total. The van der Waals surface area contributed by atoms with Crippen LogP contribution < -0.4 is 14.8 Å². The van der Waals surface area contributed by atoms with E-state index in [9.17, 15) is 4.79 Å². The summed E-state index contributed by atoms with van der Waals surface area (Å²) in [7, 11) is 0. The Labute approximate surface area is 152 Å². The van der Waals surface area contributed by atoms with Gasteiger partial charge in [0.1, 0.15) is 0 Å². The normalized spacial score (nSPS) is 12.2. The van der Waals surface area contributed by atoms with E-state index in [0.29, 0.717) is 27.2 Å². The standard InChI is InChI=1S/C17H12ClN3O3S/c18-12-7-15-14(23-9-24-15)5-11(12)6-16(22)21-17-20-13(8-25-17)10-1-3-19-4-2-10/h1-5,7-8H,6,9H2,(H,20,21,22). The van der Waals surface area contributed by atoms with Crippen molar-refractivity contribution in [3.05, 3.63) is 52.6 Å². The number of carbonyl (C=O) groups excluding carboxylic acids is 1. The van der Waals surface area contributed by atoms with Gasteiger partial charge in [-0.05, 0) is 23.8 Å². The second-order valence-corrected chi connectivity index (χ2v) is 6.56. The third kappa shape index (κ3) is 3.42. The SMILES string of the molecule is O=C(Cc1cc2c(cc1Cl)OCO2)Nc1nc(-c2ccncc2)cs1. The van der Waals surface area contributed by atoms with E-state index in [2.05, 4.69) is 15.3 Å². The summed E-state index contributed by atoms with van der Waals surface area (Å²) >= 11 is 7.57. The van der Waals surface area contributed by atoms with Crippen LogP contribution >= 0.6 is 22.9 Å². The van der Waals surface area contributed by atoms with Crippen LogP contribution in [0.3, 0.4) is 0 Å². The summed E-state index contributed by atoms with van der Waals surface area (Å²) in [5.74, 6) is 0.994. The molecule has 8 heteroatoms. The molecule has 2 aromatic heterocycles. The number of pyridine rings is 1. The Morgan fingerprint density at radius 3 is 2.80 bits per heavy atom. The lowest BCUT2D eigenvalue weighted by atomic mass is 10.1. The van der Waals surface area contributed by atoms with E-state index in [1.807, 2.05) is 17.5 Å². The van der Waals surface area contributed by atoms with Gasteiger partial charge in [0.2, 0.25) is 12.7 Å². The molecule has 1 amide bonds. The second kappa shape index (κ2) is 6.70. The number of rotatable bonds is 4. The molecular weight excluding hydrogens is 362 g/mol. The van der Waals surface area contributed by atoms with Gasteiger partial charge in [-0.3, -0.25) is 9.78 Å². The molecule has 0 saturated carbocycles. The maximum Gasteiger partial charge on any atom is 0.231 e. The van der Waals surface area contributed by atoms with Gasteiger partial charge < -0.3 is 14.8 Å². The first-order valence-corrected chi connectivity index (χ1v) is 8.68. The van der Waals surface area contributed by atoms with Gasteiger partial charge >= 0.3 is 0 Å². The molecule has 3 aromatic rings. The predicted octanol–water partition coefficient (Wildman–Crippen LogP) is 3.77. The number of aromatic nitrogens is 2. The number of carbonyl (C=O) groups is 1. The molecule has 1 aliphatic rings.